The van der Waals surface area contributed by atoms with Crippen molar-refractivity contribution in [3.05, 3.63) is 47.0 Å². The van der Waals surface area contributed by atoms with Crippen LogP contribution in [0.5, 0.6) is 0 Å². The SMILES string of the molecule is CNCc1cnc(N2CCc3ccc(F)cc32)nc1C. The molecule has 1 aliphatic heterocycles. The Labute approximate surface area is 117 Å². The molecule has 5 heteroatoms. The number of fused-ring (bicyclic) bond motifs is 1. The summed E-state index contributed by atoms with van der Waals surface area (Å²) in [6, 6.07) is 4.90. The Kier molecular flexibility index (Phi) is 3.36. The highest BCUT2D eigenvalue weighted by Gasteiger charge is 2.23. The van der Waals surface area contributed by atoms with Gasteiger partial charge in [0.05, 0.1) is 5.69 Å². The highest BCUT2D eigenvalue weighted by atomic mass is 19.1. The molecule has 0 unspecified atom stereocenters. The molecule has 0 bridgehead atoms. The van der Waals surface area contributed by atoms with Gasteiger partial charge in [-0.3, -0.25) is 0 Å². The van der Waals surface area contributed by atoms with Gasteiger partial charge in [-0.25, -0.2) is 14.4 Å². The lowest BCUT2D eigenvalue weighted by molar-refractivity contribution is 0.628. The lowest BCUT2D eigenvalue weighted by Gasteiger charge is -2.18. The Morgan fingerprint density at radius 2 is 2.25 bits per heavy atom. The molecule has 1 aromatic carbocycles. The zero-order chi connectivity index (χ0) is 14.1. The van der Waals surface area contributed by atoms with E-state index in [-0.39, 0.29) is 5.82 Å². The number of rotatable bonds is 3. The van der Waals surface area contributed by atoms with Gasteiger partial charge >= 0.3 is 0 Å². The molecule has 0 atom stereocenters. The molecule has 0 radical (unpaired) electrons. The van der Waals surface area contributed by atoms with Crippen molar-refractivity contribution < 1.29 is 4.39 Å². The summed E-state index contributed by atoms with van der Waals surface area (Å²) in [5, 5.41) is 3.09. The number of halogens is 1. The molecule has 0 saturated heterocycles. The lowest BCUT2D eigenvalue weighted by atomic mass is 10.2. The quantitative estimate of drug-likeness (QED) is 0.931. The average Bonchev–Trinajstić information content (AvgIpc) is 2.84. The molecule has 2 aromatic rings. The van der Waals surface area contributed by atoms with E-state index in [2.05, 4.69) is 15.3 Å². The molecule has 1 N–H and O–H groups in total. The van der Waals surface area contributed by atoms with Gasteiger partial charge in [0.2, 0.25) is 5.95 Å². The van der Waals surface area contributed by atoms with E-state index in [1.165, 1.54) is 6.07 Å². The fraction of sp³-hybridized carbons (Fsp3) is 0.333. The lowest BCUT2D eigenvalue weighted by Crippen LogP contribution is -2.18. The van der Waals surface area contributed by atoms with Gasteiger partial charge in [0.15, 0.2) is 0 Å². The third-order valence-electron chi connectivity index (χ3n) is 3.62. The summed E-state index contributed by atoms with van der Waals surface area (Å²) in [6.07, 6.45) is 2.74. The largest absolute Gasteiger partial charge is 0.316 e. The normalized spacial score (nSPS) is 13.7. The molecule has 20 heavy (non-hydrogen) atoms. The number of nitrogens with one attached hydrogen (secondary N) is 1. The fourth-order valence-corrected chi connectivity index (χ4v) is 2.53. The van der Waals surface area contributed by atoms with E-state index >= 15 is 0 Å². The molecule has 3 rings (SSSR count). The van der Waals surface area contributed by atoms with E-state index in [1.54, 1.807) is 6.07 Å². The second-order valence-electron chi connectivity index (χ2n) is 4.99. The van der Waals surface area contributed by atoms with Crippen LogP contribution < -0.4 is 10.2 Å². The van der Waals surface area contributed by atoms with Gasteiger partial charge in [0.1, 0.15) is 5.82 Å². The standard InChI is InChI=1S/C15H17FN4/c1-10-12(8-17-2)9-18-15(19-10)20-6-5-11-3-4-13(16)7-14(11)20/h3-4,7,9,17H,5-6,8H2,1-2H3. The van der Waals surface area contributed by atoms with Crippen LogP contribution in [0.2, 0.25) is 0 Å². The Morgan fingerprint density at radius 1 is 1.40 bits per heavy atom. The van der Waals surface area contributed by atoms with E-state index in [0.29, 0.717) is 5.95 Å². The molecule has 104 valence electrons. The predicted octanol–water partition coefficient (Wildman–Crippen LogP) is 2.34. The maximum absolute atomic E-state index is 13.4. The van der Waals surface area contributed by atoms with E-state index in [0.717, 1.165) is 42.0 Å². The minimum absolute atomic E-state index is 0.223. The van der Waals surface area contributed by atoms with Crippen molar-refractivity contribution in [3.63, 3.8) is 0 Å². The predicted molar refractivity (Wildman–Crippen MR) is 76.6 cm³/mol. The van der Waals surface area contributed by atoms with Crippen LogP contribution in [-0.4, -0.2) is 23.6 Å². The summed E-state index contributed by atoms with van der Waals surface area (Å²) in [5.74, 6) is 0.422. The van der Waals surface area contributed by atoms with Gasteiger partial charge in [-0.15, -0.1) is 0 Å². The second kappa shape index (κ2) is 5.17. The Bertz CT molecular complexity index is 642. The molecule has 0 saturated carbocycles. The maximum Gasteiger partial charge on any atom is 0.230 e. The van der Waals surface area contributed by atoms with Gasteiger partial charge in [-0.05, 0) is 38.1 Å². The molecule has 0 fully saturated rings. The first kappa shape index (κ1) is 13.0. The van der Waals surface area contributed by atoms with Crippen LogP contribution in [0.1, 0.15) is 16.8 Å². The highest BCUT2D eigenvalue weighted by molar-refractivity contribution is 5.65. The molecule has 0 spiro atoms. The summed E-state index contributed by atoms with van der Waals surface area (Å²) in [6.45, 7) is 3.52. The number of hydrogen-bond acceptors (Lipinski definition) is 4. The molecule has 1 aliphatic rings. The molecule has 1 aromatic heterocycles. The summed E-state index contributed by atoms with van der Waals surface area (Å²) < 4.78 is 13.4. The van der Waals surface area contributed by atoms with Crippen molar-refractivity contribution >= 4 is 11.6 Å². The van der Waals surface area contributed by atoms with Crippen LogP contribution in [0.3, 0.4) is 0 Å². The smallest absolute Gasteiger partial charge is 0.230 e. The van der Waals surface area contributed by atoms with E-state index in [4.69, 9.17) is 0 Å². The Balaban J connectivity index is 1.96. The number of nitrogens with zero attached hydrogens (tertiary/aromatic N) is 3. The van der Waals surface area contributed by atoms with E-state index in [1.807, 2.05) is 31.1 Å². The first-order chi connectivity index (χ1) is 9.69. The number of aryl methyl sites for hydroxylation is 1. The van der Waals surface area contributed by atoms with Crippen molar-refractivity contribution in [2.75, 3.05) is 18.5 Å². The topological polar surface area (TPSA) is 41.1 Å². The summed E-state index contributed by atoms with van der Waals surface area (Å²) in [7, 11) is 1.90. The molecule has 0 aliphatic carbocycles. The zero-order valence-corrected chi connectivity index (χ0v) is 11.7. The summed E-state index contributed by atoms with van der Waals surface area (Å²) in [5.41, 5.74) is 4.06. The maximum atomic E-state index is 13.4. The van der Waals surface area contributed by atoms with Crippen molar-refractivity contribution in [2.24, 2.45) is 0 Å². The highest BCUT2D eigenvalue weighted by Crippen LogP contribution is 2.33. The molecular weight excluding hydrogens is 255 g/mol. The number of anilines is 2. The number of benzene rings is 1. The summed E-state index contributed by atoms with van der Waals surface area (Å²) >= 11 is 0. The van der Waals surface area contributed by atoms with Gasteiger partial charge in [-0.2, -0.15) is 0 Å². The first-order valence-corrected chi connectivity index (χ1v) is 6.72. The Morgan fingerprint density at radius 3 is 3.00 bits per heavy atom. The summed E-state index contributed by atoms with van der Waals surface area (Å²) in [4.78, 5) is 11.0. The van der Waals surface area contributed by atoms with Crippen LogP contribution in [0.4, 0.5) is 16.0 Å². The monoisotopic (exact) mass is 272 g/mol. The van der Waals surface area contributed by atoms with Crippen molar-refractivity contribution in [3.8, 4) is 0 Å². The van der Waals surface area contributed by atoms with Crippen molar-refractivity contribution in [1.29, 1.82) is 0 Å². The third kappa shape index (κ3) is 2.25. The first-order valence-electron chi connectivity index (χ1n) is 6.72. The molecule has 2 heterocycles. The van der Waals surface area contributed by atoms with Gasteiger partial charge in [-0.1, -0.05) is 6.07 Å². The fourth-order valence-electron chi connectivity index (χ4n) is 2.53. The van der Waals surface area contributed by atoms with E-state index < -0.39 is 0 Å². The van der Waals surface area contributed by atoms with Crippen molar-refractivity contribution in [1.82, 2.24) is 15.3 Å². The number of aromatic nitrogens is 2. The average molecular weight is 272 g/mol. The third-order valence-corrected chi connectivity index (χ3v) is 3.62. The minimum Gasteiger partial charge on any atom is -0.316 e. The zero-order valence-electron chi connectivity index (χ0n) is 11.7. The van der Waals surface area contributed by atoms with Gasteiger partial charge < -0.3 is 10.2 Å². The van der Waals surface area contributed by atoms with Crippen LogP contribution in [-0.2, 0) is 13.0 Å². The minimum atomic E-state index is -0.223. The molecule has 0 amide bonds. The van der Waals surface area contributed by atoms with Crippen LogP contribution in [0, 0.1) is 12.7 Å². The van der Waals surface area contributed by atoms with Crippen LogP contribution in [0.25, 0.3) is 0 Å². The second-order valence-corrected chi connectivity index (χ2v) is 4.99. The van der Waals surface area contributed by atoms with E-state index in [9.17, 15) is 4.39 Å². The Hall–Kier alpha value is -2.01. The number of hydrogen-bond donors (Lipinski definition) is 1. The molecule has 4 nitrogen and oxygen atoms in total. The van der Waals surface area contributed by atoms with Gasteiger partial charge in [0, 0.05) is 30.5 Å². The molecular formula is C15H17FN4. The van der Waals surface area contributed by atoms with Crippen molar-refractivity contribution in [2.45, 2.75) is 19.9 Å². The van der Waals surface area contributed by atoms with Crippen LogP contribution >= 0.6 is 0 Å². The van der Waals surface area contributed by atoms with Gasteiger partial charge in [0.25, 0.3) is 0 Å². The van der Waals surface area contributed by atoms with Crippen LogP contribution in [0.15, 0.2) is 24.4 Å².